The second-order valence-corrected chi connectivity index (χ2v) is 5.40. The van der Waals surface area contributed by atoms with Crippen LogP contribution in [0.3, 0.4) is 0 Å². The van der Waals surface area contributed by atoms with Gasteiger partial charge in [0.15, 0.2) is 4.77 Å². The third kappa shape index (κ3) is 2.30. The number of anilines is 2. The maximum atomic E-state index is 5.35. The van der Waals surface area contributed by atoms with Crippen molar-refractivity contribution in [3.05, 3.63) is 34.6 Å². The van der Waals surface area contributed by atoms with Crippen LogP contribution in [-0.4, -0.2) is 21.3 Å². The van der Waals surface area contributed by atoms with E-state index in [-0.39, 0.29) is 0 Å². The molecule has 5 heteroatoms. The topological polar surface area (TPSA) is 36.9 Å². The second-order valence-electron chi connectivity index (χ2n) is 5.01. The smallest absolute Gasteiger partial charge is 0.230 e. The highest BCUT2D eigenvalue weighted by molar-refractivity contribution is 7.71. The van der Waals surface area contributed by atoms with E-state index in [0.29, 0.717) is 6.04 Å². The molecule has 4 nitrogen and oxygen atoms in total. The number of aryl methyl sites for hydroxylation is 1. The van der Waals surface area contributed by atoms with Crippen LogP contribution in [0.2, 0.25) is 0 Å². The molecule has 1 aliphatic carbocycles. The molecule has 1 fully saturated rings. The SMILES string of the molecule is CCN(c1cccc(C)c1)c1n[nH]c(=S)n1C1CC1. The van der Waals surface area contributed by atoms with E-state index in [4.69, 9.17) is 12.2 Å². The van der Waals surface area contributed by atoms with Gasteiger partial charge >= 0.3 is 0 Å². The average molecular weight is 274 g/mol. The van der Waals surface area contributed by atoms with E-state index in [9.17, 15) is 0 Å². The summed E-state index contributed by atoms with van der Waals surface area (Å²) in [7, 11) is 0. The monoisotopic (exact) mass is 274 g/mol. The van der Waals surface area contributed by atoms with E-state index >= 15 is 0 Å². The Hall–Kier alpha value is -1.62. The molecule has 1 N–H and O–H groups in total. The highest BCUT2D eigenvalue weighted by Crippen LogP contribution is 2.39. The molecule has 1 aliphatic rings. The first-order valence-corrected chi connectivity index (χ1v) is 7.12. The Bertz CT molecular complexity index is 639. The van der Waals surface area contributed by atoms with Crippen molar-refractivity contribution in [3.8, 4) is 0 Å². The van der Waals surface area contributed by atoms with Crippen LogP contribution >= 0.6 is 12.2 Å². The molecule has 3 rings (SSSR count). The van der Waals surface area contributed by atoms with Gasteiger partial charge in [-0.05, 0) is 56.6 Å². The predicted molar refractivity (Wildman–Crippen MR) is 79.5 cm³/mol. The summed E-state index contributed by atoms with van der Waals surface area (Å²) in [4.78, 5) is 2.21. The lowest BCUT2D eigenvalue weighted by Gasteiger charge is -2.22. The van der Waals surface area contributed by atoms with Gasteiger partial charge in [0.2, 0.25) is 5.95 Å². The van der Waals surface area contributed by atoms with Crippen molar-refractivity contribution in [2.75, 3.05) is 11.4 Å². The Kier molecular flexibility index (Phi) is 3.14. The maximum Gasteiger partial charge on any atom is 0.230 e. The number of aromatic amines is 1. The summed E-state index contributed by atoms with van der Waals surface area (Å²) < 4.78 is 2.88. The van der Waals surface area contributed by atoms with Crippen molar-refractivity contribution in [3.63, 3.8) is 0 Å². The number of hydrogen-bond acceptors (Lipinski definition) is 3. The van der Waals surface area contributed by atoms with E-state index in [0.717, 1.165) is 17.3 Å². The van der Waals surface area contributed by atoms with E-state index in [1.807, 2.05) is 0 Å². The lowest BCUT2D eigenvalue weighted by atomic mass is 10.2. The molecular weight excluding hydrogens is 256 g/mol. The van der Waals surface area contributed by atoms with E-state index < -0.39 is 0 Å². The lowest BCUT2D eigenvalue weighted by molar-refractivity contribution is 0.714. The number of H-pyrrole nitrogens is 1. The Morgan fingerprint density at radius 3 is 2.89 bits per heavy atom. The predicted octanol–water partition coefficient (Wildman–Crippen LogP) is 3.74. The van der Waals surface area contributed by atoms with Crippen LogP contribution in [0.1, 0.15) is 31.4 Å². The van der Waals surface area contributed by atoms with E-state index in [2.05, 4.69) is 57.8 Å². The van der Waals surface area contributed by atoms with Crippen molar-refractivity contribution >= 4 is 23.9 Å². The molecule has 2 aromatic rings. The van der Waals surface area contributed by atoms with Crippen LogP contribution in [0, 0.1) is 11.7 Å². The summed E-state index contributed by atoms with van der Waals surface area (Å²) in [6.07, 6.45) is 2.40. The number of nitrogens with zero attached hydrogens (tertiary/aromatic N) is 3. The molecule has 0 spiro atoms. The zero-order valence-corrected chi connectivity index (χ0v) is 12.1. The minimum absolute atomic E-state index is 0.528. The lowest BCUT2D eigenvalue weighted by Crippen LogP contribution is -2.20. The molecular formula is C14H18N4S. The molecule has 19 heavy (non-hydrogen) atoms. The number of nitrogens with one attached hydrogen (secondary N) is 1. The molecule has 1 heterocycles. The highest BCUT2D eigenvalue weighted by atomic mass is 32.1. The Morgan fingerprint density at radius 2 is 2.26 bits per heavy atom. The fourth-order valence-corrected chi connectivity index (χ4v) is 2.66. The molecule has 0 amide bonds. The summed E-state index contributed by atoms with van der Waals surface area (Å²) in [5.41, 5.74) is 2.42. The second kappa shape index (κ2) is 4.81. The number of hydrogen-bond donors (Lipinski definition) is 1. The summed E-state index contributed by atoms with van der Waals surface area (Å²) in [5, 5.41) is 7.36. The molecule has 1 aromatic carbocycles. The Labute approximate surface area is 118 Å². The molecule has 1 saturated carbocycles. The largest absolute Gasteiger partial charge is 0.311 e. The van der Waals surface area contributed by atoms with Crippen LogP contribution in [0.25, 0.3) is 0 Å². The van der Waals surface area contributed by atoms with Crippen molar-refractivity contribution in [2.24, 2.45) is 0 Å². The standard InChI is InChI=1S/C14H18N4S/c1-3-17(12-6-4-5-10(2)9-12)13-15-16-14(19)18(13)11-7-8-11/h4-6,9,11H,3,7-8H2,1-2H3,(H,16,19). The quantitative estimate of drug-likeness (QED) is 0.863. The van der Waals surface area contributed by atoms with Gasteiger partial charge in [0.05, 0.1) is 0 Å². The number of benzene rings is 1. The zero-order valence-electron chi connectivity index (χ0n) is 11.3. The summed E-state index contributed by atoms with van der Waals surface area (Å²) in [6, 6.07) is 9.01. The third-order valence-corrected chi connectivity index (χ3v) is 3.76. The van der Waals surface area contributed by atoms with Gasteiger partial charge in [0, 0.05) is 18.3 Å². The van der Waals surface area contributed by atoms with Crippen LogP contribution in [-0.2, 0) is 0 Å². The Morgan fingerprint density at radius 1 is 1.47 bits per heavy atom. The minimum atomic E-state index is 0.528. The minimum Gasteiger partial charge on any atom is -0.311 e. The van der Waals surface area contributed by atoms with Crippen LogP contribution in [0.4, 0.5) is 11.6 Å². The first-order valence-electron chi connectivity index (χ1n) is 6.72. The van der Waals surface area contributed by atoms with E-state index in [1.54, 1.807) is 0 Å². The fourth-order valence-electron chi connectivity index (χ4n) is 2.38. The van der Waals surface area contributed by atoms with Gasteiger partial charge in [0.25, 0.3) is 0 Å². The molecule has 1 aromatic heterocycles. The van der Waals surface area contributed by atoms with Gasteiger partial charge in [-0.3, -0.25) is 4.57 Å². The first-order chi connectivity index (χ1) is 9.20. The van der Waals surface area contributed by atoms with Gasteiger partial charge in [0.1, 0.15) is 0 Å². The number of aromatic nitrogens is 3. The first kappa shape index (κ1) is 12.4. The summed E-state index contributed by atoms with van der Waals surface area (Å²) >= 11 is 5.35. The fraction of sp³-hybridized carbons (Fsp3) is 0.429. The van der Waals surface area contributed by atoms with Crippen molar-refractivity contribution in [1.82, 2.24) is 14.8 Å². The van der Waals surface area contributed by atoms with Crippen molar-refractivity contribution in [2.45, 2.75) is 32.7 Å². The molecule has 0 bridgehead atoms. The summed E-state index contributed by atoms with van der Waals surface area (Å²) in [6.45, 7) is 5.11. The van der Waals surface area contributed by atoms with Gasteiger partial charge in [-0.2, -0.15) is 0 Å². The molecule has 0 atom stereocenters. The van der Waals surface area contributed by atoms with Crippen LogP contribution < -0.4 is 4.90 Å². The van der Waals surface area contributed by atoms with E-state index in [1.165, 1.54) is 24.1 Å². The van der Waals surface area contributed by atoms with Gasteiger partial charge < -0.3 is 4.90 Å². The Balaban J connectivity index is 2.05. The van der Waals surface area contributed by atoms with Gasteiger partial charge in [-0.25, -0.2) is 5.10 Å². The maximum absolute atomic E-state index is 5.35. The molecule has 0 aliphatic heterocycles. The summed E-state index contributed by atoms with van der Waals surface area (Å²) in [5.74, 6) is 0.931. The van der Waals surface area contributed by atoms with Crippen LogP contribution in [0.15, 0.2) is 24.3 Å². The highest BCUT2D eigenvalue weighted by Gasteiger charge is 2.29. The third-order valence-electron chi connectivity index (χ3n) is 3.47. The zero-order chi connectivity index (χ0) is 13.4. The number of rotatable bonds is 4. The molecule has 0 radical (unpaired) electrons. The normalized spacial score (nSPS) is 14.6. The van der Waals surface area contributed by atoms with Crippen LogP contribution in [0.5, 0.6) is 0 Å². The van der Waals surface area contributed by atoms with Crippen molar-refractivity contribution in [1.29, 1.82) is 0 Å². The molecule has 100 valence electrons. The molecule has 0 saturated heterocycles. The average Bonchev–Trinajstić information content (AvgIpc) is 3.15. The van der Waals surface area contributed by atoms with Crippen molar-refractivity contribution < 1.29 is 0 Å². The molecule has 0 unspecified atom stereocenters. The van der Waals surface area contributed by atoms with Gasteiger partial charge in [-0.15, -0.1) is 5.10 Å². The van der Waals surface area contributed by atoms with Gasteiger partial charge in [-0.1, -0.05) is 12.1 Å².